The third-order valence-corrected chi connectivity index (χ3v) is 4.16. The smallest absolute Gasteiger partial charge is 0.130 e. The minimum atomic E-state index is -0.509. The second-order valence-corrected chi connectivity index (χ2v) is 6.07. The van der Waals surface area contributed by atoms with Crippen molar-refractivity contribution in [3.05, 3.63) is 77.6 Å². The van der Waals surface area contributed by atoms with Crippen molar-refractivity contribution in [3.8, 4) is 5.75 Å². The average molecular weight is 325 g/mol. The molecule has 0 radical (unpaired) electrons. The lowest BCUT2D eigenvalue weighted by atomic mass is 9.82. The summed E-state index contributed by atoms with van der Waals surface area (Å²) < 4.78 is 19.5. The van der Waals surface area contributed by atoms with Crippen LogP contribution in [-0.4, -0.2) is 12.6 Å². The molecule has 126 valence electrons. The topological polar surface area (TPSA) is 21.3 Å². The number of fused-ring (bicyclic) bond motifs is 1. The molecule has 0 bridgehead atoms. The third-order valence-electron chi connectivity index (χ3n) is 4.16. The predicted octanol–water partition coefficient (Wildman–Crippen LogP) is 5.66. The van der Waals surface area contributed by atoms with E-state index in [1.54, 1.807) is 12.1 Å². The molecule has 0 aromatic heterocycles. The Labute approximate surface area is 143 Å². The van der Waals surface area contributed by atoms with Gasteiger partial charge in [-0.05, 0) is 49.2 Å². The van der Waals surface area contributed by atoms with E-state index in [4.69, 9.17) is 4.74 Å². The molecule has 1 N–H and O–H groups in total. The second kappa shape index (κ2) is 6.52. The number of hydrogen-bond donors (Lipinski definition) is 1. The standard InChI is InChI=1S/C20H20FNO.CH4/c1-5-17-19(13-6-8-14(21)9-7-13)16-11-10-15(22-4)12-18(16)23-20(17,2)3;/h5-12,22H,1H2,2-4H3;1H4. The van der Waals surface area contributed by atoms with E-state index in [-0.39, 0.29) is 13.2 Å². The van der Waals surface area contributed by atoms with Crippen LogP contribution in [0.2, 0.25) is 0 Å². The van der Waals surface area contributed by atoms with Gasteiger partial charge in [-0.15, -0.1) is 0 Å². The van der Waals surface area contributed by atoms with Crippen LogP contribution in [0.3, 0.4) is 0 Å². The van der Waals surface area contributed by atoms with Crippen molar-refractivity contribution in [1.82, 2.24) is 0 Å². The van der Waals surface area contributed by atoms with Crippen molar-refractivity contribution in [1.29, 1.82) is 0 Å². The van der Waals surface area contributed by atoms with Crippen LogP contribution in [0.1, 0.15) is 32.4 Å². The van der Waals surface area contributed by atoms with Crippen LogP contribution >= 0.6 is 0 Å². The first-order chi connectivity index (χ1) is 11.0. The van der Waals surface area contributed by atoms with Crippen LogP contribution in [0.4, 0.5) is 10.1 Å². The van der Waals surface area contributed by atoms with Gasteiger partial charge in [-0.3, -0.25) is 0 Å². The van der Waals surface area contributed by atoms with Gasteiger partial charge < -0.3 is 10.1 Å². The molecule has 3 rings (SSSR count). The van der Waals surface area contributed by atoms with Crippen molar-refractivity contribution in [2.24, 2.45) is 0 Å². The van der Waals surface area contributed by atoms with Gasteiger partial charge in [-0.25, -0.2) is 4.39 Å². The van der Waals surface area contributed by atoms with Crippen molar-refractivity contribution >= 4 is 11.3 Å². The Bertz CT molecular complexity index is 788. The molecule has 1 aliphatic heterocycles. The Hall–Kier alpha value is -2.55. The van der Waals surface area contributed by atoms with Crippen molar-refractivity contribution in [2.75, 3.05) is 12.4 Å². The lowest BCUT2D eigenvalue weighted by Crippen LogP contribution is -2.34. The van der Waals surface area contributed by atoms with Crippen molar-refractivity contribution in [2.45, 2.75) is 26.9 Å². The van der Waals surface area contributed by atoms with Gasteiger partial charge in [0.15, 0.2) is 0 Å². The molecule has 0 fully saturated rings. The summed E-state index contributed by atoms with van der Waals surface area (Å²) >= 11 is 0. The number of benzene rings is 2. The van der Waals surface area contributed by atoms with E-state index >= 15 is 0 Å². The summed E-state index contributed by atoms with van der Waals surface area (Å²) in [5.41, 5.74) is 4.45. The molecular formula is C21H24FNO. The number of anilines is 1. The van der Waals surface area contributed by atoms with E-state index < -0.39 is 5.60 Å². The van der Waals surface area contributed by atoms with E-state index in [2.05, 4.69) is 11.9 Å². The van der Waals surface area contributed by atoms with Crippen molar-refractivity contribution < 1.29 is 9.13 Å². The minimum absolute atomic E-state index is 0. The lowest BCUT2D eigenvalue weighted by Gasteiger charge is -2.36. The van der Waals surface area contributed by atoms with Crippen LogP contribution in [0.15, 0.2) is 60.7 Å². The number of nitrogens with one attached hydrogen (secondary N) is 1. The minimum Gasteiger partial charge on any atom is -0.482 e. The van der Waals surface area contributed by atoms with E-state index in [0.717, 1.165) is 33.7 Å². The molecule has 0 saturated heterocycles. The van der Waals surface area contributed by atoms with E-state index in [0.29, 0.717) is 0 Å². The molecule has 0 aliphatic carbocycles. The highest BCUT2D eigenvalue weighted by Crippen LogP contribution is 2.45. The summed E-state index contributed by atoms with van der Waals surface area (Å²) in [7, 11) is 1.88. The maximum atomic E-state index is 13.3. The number of rotatable bonds is 3. The first kappa shape index (κ1) is 17.8. The zero-order valence-corrected chi connectivity index (χ0v) is 13.6. The molecule has 2 aromatic carbocycles. The largest absolute Gasteiger partial charge is 0.482 e. The van der Waals surface area contributed by atoms with Gasteiger partial charge in [0, 0.05) is 29.9 Å². The van der Waals surface area contributed by atoms with E-state index in [9.17, 15) is 4.39 Å². The van der Waals surface area contributed by atoms with Crippen LogP contribution in [0, 0.1) is 5.82 Å². The van der Waals surface area contributed by atoms with Gasteiger partial charge in [-0.2, -0.15) is 0 Å². The Morgan fingerprint density at radius 2 is 1.79 bits per heavy atom. The number of ether oxygens (including phenoxy) is 1. The maximum Gasteiger partial charge on any atom is 0.130 e. The third kappa shape index (κ3) is 2.94. The van der Waals surface area contributed by atoms with Crippen LogP contribution < -0.4 is 10.1 Å². The molecule has 2 nitrogen and oxygen atoms in total. The summed E-state index contributed by atoms with van der Waals surface area (Å²) in [5.74, 6) is 0.568. The van der Waals surface area contributed by atoms with Crippen molar-refractivity contribution in [3.63, 3.8) is 0 Å². The van der Waals surface area contributed by atoms with Gasteiger partial charge in [0.25, 0.3) is 0 Å². The van der Waals surface area contributed by atoms with E-state index in [1.165, 1.54) is 12.1 Å². The molecule has 0 atom stereocenters. The van der Waals surface area contributed by atoms with Gasteiger partial charge in [0.05, 0.1) is 0 Å². The maximum absolute atomic E-state index is 13.3. The Morgan fingerprint density at radius 1 is 1.12 bits per heavy atom. The summed E-state index contributed by atoms with van der Waals surface area (Å²) in [6.07, 6.45) is 1.83. The molecule has 1 aliphatic rings. The molecule has 3 heteroatoms. The molecular weight excluding hydrogens is 301 g/mol. The highest BCUT2D eigenvalue weighted by molar-refractivity contribution is 5.89. The number of hydrogen-bond acceptors (Lipinski definition) is 2. The number of halogens is 1. The molecule has 24 heavy (non-hydrogen) atoms. The Balaban J connectivity index is 0.00000208. The first-order valence-corrected chi connectivity index (χ1v) is 7.60. The quantitative estimate of drug-likeness (QED) is 0.786. The second-order valence-electron chi connectivity index (χ2n) is 6.07. The average Bonchev–Trinajstić information content (AvgIpc) is 2.53. The first-order valence-electron chi connectivity index (χ1n) is 7.60. The summed E-state index contributed by atoms with van der Waals surface area (Å²) in [4.78, 5) is 0. The molecule has 0 amide bonds. The SMILES string of the molecule is C.C=CC1=C(c2ccc(F)cc2)c2ccc(NC)cc2OC1(C)C. The normalized spacial score (nSPS) is 15.0. The monoisotopic (exact) mass is 325 g/mol. The predicted molar refractivity (Wildman–Crippen MR) is 100 cm³/mol. The molecule has 1 heterocycles. The zero-order chi connectivity index (χ0) is 16.6. The molecule has 0 unspecified atom stereocenters. The van der Waals surface area contributed by atoms with Crippen LogP contribution in [0.5, 0.6) is 5.75 Å². The highest BCUT2D eigenvalue weighted by atomic mass is 19.1. The Morgan fingerprint density at radius 3 is 2.38 bits per heavy atom. The fourth-order valence-corrected chi connectivity index (χ4v) is 3.02. The fraction of sp³-hybridized carbons (Fsp3) is 0.238. The summed E-state index contributed by atoms with van der Waals surface area (Å²) in [6.45, 7) is 7.99. The van der Waals surface area contributed by atoms with Gasteiger partial charge in [-0.1, -0.05) is 32.2 Å². The van der Waals surface area contributed by atoms with E-state index in [1.807, 2.05) is 45.2 Å². The summed E-state index contributed by atoms with van der Waals surface area (Å²) in [6, 6.07) is 12.6. The molecule has 0 saturated carbocycles. The van der Waals surface area contributed by atoms with Crippen LogP contribution in [-0.2, 0) is 0 Å². The summed E-state index contributed by atoms with van der Waals surface area (Å²) in [5, 5.41) is 3.13. The van der Waals surface area contributed by atoms with Gasteiger partial charge in [0.2, 0.25) is 0 Å². The lowest BCUT2D eigenvalue weighted by molar-refractivity contribution is 0.149. The Kier molecular flexibility index (Phi) is 4.83. The molecule has 2 aromatic rings. The highest BCUT2D eigenvalue weighted by Gasteiger charge is 2.34. The molecule has 0 spiro atoms. The van der Waals surface area contributed by atoms with Gasteiger partial charge >= 0.3 is 0 Å². The fourth-order valence-electron chi connectivity index (χ4n) is 3.02. The van der Waals surface area contributed by atoms with Crippen LogP contribution in [0.25, 0.3) is 5.57 Å². The van der Waals surface area contributed by atoms with Gasteiger partial charge in [0.1, 0.15) is 17.2 Å². The zero-order valence-electron chi connectivity index (χ0n) is 13.6.